The summed E-state index contributed by atoms with van der Waals surface area (Å²) in [5.74, 6) is 0.444. The number of aromatic nitrogens is 4. The molecule has 3 heterocycles. The Labute approximate surface area is 149 Å². The summed E-state index contributed by atoms with van der Waals surface area (Å²) in [7, 11) is 0. The SMILES string of the molecule is O=C(/C=C/c1ccccn1)Nc1ccc(-c2cn3cccnc3n2)cc1. The van der Waals surface area contributed by atoms with Crippen LogP contribution in [0.4, 0.5) is 5.69 Å². The van der Waals surface area contributed by atoms with Crippen LogP contribution in [0.1, 0.15) is 5.69 Å². The highest BCUT2D eigenvalue weighted by Crippen LogP contribution is 2.20. The van der Waals surface area contributed by atoms with Crippen LogP contribution in [0.3, 0.4) is 0 Å². The van der Waals surface area contributed by atoms with Gasteiger partial charge in [-0.15, -0.1) is 0 Å². The van der Waals surface area contributed by atoms with E-state index in [1.807, 2.05) is 65.3 Å². The van der Waals surface area contributed by atoms with Crippen LogP contribution < -0.4 is 5.32 Å². The van der Waals surface area contributed by atoms with Crippen molar-refractivity contribution in [3.05, 3.63) is 85.1 Å². The van der Waals surface area contributed by atoms with Crippen molar-refractivity contribution in [3.8, 4) is 11.3 Å². The number of hydrogen-bond acceptors (Lipinski definition) is 4. The molecule has 0 saturated carbocycles. The quantitative estimate of drug-likeness (QED) is 0.577. The smallest absolute Gasteiger partial charge is 0.248 e. The molecule has 0 aliphatic rings. The monoisotopic (exact) mass is 341 g/mol. The van der Waals surface area contributed by atoms with Crippen LogP contribution in [0.2, 0.25) is 0 Å². The minimum Gasteiger partial charge on any atom is -0.323 e. The van der Waals surface area contributed by atoms with Gasteiger partial charge in [-0.2, -0.15) is 0 Å². The first-order chi connectivity index (χ1) is 12.8. The van der Waals surface area contributed by atoms with Crippen molar-refractivity contribution in [2.75, 3.05) is 5.32 Å². The molecule has 0 saturated heterocycles. The van der Waals surface area contributed by atoms with Gasteiger partial charge < -0.3 is 5.32 Å². The van der Waals surface area contributed by atoms with E-state index in [9.17, 15) is 4.79 Å². The van der Waals surface area contributed by atoms with Crippen molar-refractivity contribution in [3.63, 3.8) is 0 Å². The minimum absolute atomic E-state index is 0.208. The van der Waals surface area contributed by atoms with Crippen LogP contribution in [0.15, 0.2) is 79.4 Å². The van der Waals surface area contributed by atoms with E-state index in [1.54, 1.807) is 18.5 Å². The number of nitrogens with zero attached hydrogens (tertiary/aromatic N) is 4. The molecule has 0 radical (unpaired) electrons. The van der Waals surface area contributed by atoms with Gasteiger partial charge in [-0.25, -0.2) is 9.97 Å². The fourth-order valence-corrected chi connectivity index (χ4v) is 2.51. The summed E-state index contributed by atoms with van der Waals surface area (Å²) >= 11 is 0. The summed E-state index contributed by atoms with van der Waals surface area (Å²) in [6, 6.07) is 14.9. The molecule has 1 amide bonds. The van der Waals surface area contributed by atoms with Crippen LogP contribution in [0.25, 0.3) is 23.1 Å². The molecule has 0 atom stereocenters. The van der Waals surface area contributed by atoms with E-state index in [-0.39, 0.29) is 5.91 Å². The van der Waals surface area contributed by atoms with E-state index in [1.165, 1.54) is 6.08 Å². The average Bonchev–Trinajstić information content (AvgIpc) is 3.12. The van der Waals surface area contributed by atoms with Crippen LogP contribution in [0.5, 0.6) is 0 Å². The average molecular weight is 341 g/mol. The third kappa shape index (κ3) is 3.49. The normalized spacial score (nSPS) is 11.1. The standard InChI is InChI=1S/C20H15N5O/c26-19(10-9-16-4-1-2-11-21-16)23-17-7-5-15(6-8-17)18-14-25-13-3-12-22-20(25)24-18/h1-14H,(H,23,26)/b10-9+. The molecule has 0 unspecified atom stereocenters. The van der Waals surface area contributed by atoms with Crippen molar-refractivity contribution in [2.45, 2.75) is 0 Å². The predicted molar refractivity (Wildman–Crippen MR) is 100 cm³/mol. The molecule has 6 nitrogen and oxygen atoms in total. The highest BCUT2D eigenvalue weighted by Gasteiger charge is 2.05. The Balaban J connectivity index is 1.45. The molecule has 0 aliphatic heterocycles. The zero-order chi connectivity index (χ0) is 17.8. The number of benzene rings is 1. The number of amides is 1. The lowest BCUT2D eigenvalue weighted by atomic mass is 10.1. The van der Waals surface area contributed by atoms with Gasteiger partial charge in [0.25, 0.3) is 0 Å². The number of carbonyl (C=O) groups is 1. The Bertz CT molecular complexity index is 1040. The van der Waals surface area contributed by atoms with E-state index in [0.717, 1.165) is 17.0 Å². The molecule has 1 aromatic carbocycles. The number of anilines is 1. The van der Waals surface area contributed by atoms with E-state index >= 15 is 0 Å². The Morgan fingerprint density at radius 3 is 2.62 bits per heavy atom. The Morgan fingerprint density at radius 1 is 1.00 bits per heavy atom. The fourth-order valence-electron chi connectivity index (χ4n) is 2.51. The molecule has 4 aromatic rings. The molecule has 6 heteroatoms. The maximum Gasteiger partial charge on any atom is 0.248 e. The lowest BCUT2D eigenvalue weighted by molar-refractivity contribution is -0.111. The van der Waals surface area contributed by atoms with Gasteiger partial charge in [0.2, 0.25) is 11.7 Å². The van der Waals surface area contributed by atoms with Gasteiger partial charge in [0.1, 0.15) is 0 Å². The minimum atomic E-state index is -0.208. The molecule has 0 aliphatic carbocycles. The van der Waals surface area contributed by atoms with Gasteiger partial charge in [0.05, 0.1) is 11.4 Å². The maximum atomic E-state index is 12.0. The number of carbonyl (C=O) groups excluding carboxylic acids is 1. The molecular formula is C20H15N5O. The van der Waals surface area contributed by atoms with Gasteiger partial charge in [0, 0.05) is 42.1 Å². The van der Waals surface area contributed by atoms with Gasteiger partial charge in [-0.1, -0.05) is 18.2 Å². The van der Waals surface area contributed by atoms with Crippen molar-refractivity contribution in [1.82, 2.24) is 19.4 Å². The zero-order valence-corrected chi connectivity index (χ0v) is 13.8. The van der Waals surface area contributed by atoms with Crippen LogP contribution in [-0.2, 0) is 4.79 Å². The Kier molecular flexibility index (Phi) is 4.22. The highest BCUT2D eigenvalue weighted by molar-refractivity contribution is 6.01. The highest BCUT2D eigenvalue weighted by atomic mass is 16.1. The van der Waals surface area contributed by atoms with E-state index in [4.69, 9.17) is 0 Å². The summed E-state index contributed by atoms with van der Waals surface area (Å²) in [5, 5.41) is 2.83. The van der Waals surface area contributed by atoms with Crippen LogP contribution in [0, 0.1) is 0 Å². The molecule has 4 rings (SSSR count). The molecule has 3 aromatic heterocycles. The molecule has 26 heavy (non-hydrogen) atoms. The van der Waals surface area contributed by atoms with E-state index < -0.39 is 0 Å². The van der Waals surface area contributed by atoms with Crippen LogP contribution >= 0.6 is 0 Å². The van der Waals surface area contributed by atoms with Gasteiger partial charge >= 0.3 is 0 Å². The third-order valence-corrected chi connectivity index (χ3v) is 3.78. The summed E-state index contributed by atoms with van der Waals surface area (Å²) in [4.78, 5) is 24.8. The maximum absolute atomic E-state index is 12.0. The van der Waals surface area contributed by atoms with Gasteiger partial charge in [-0.05, 0) is 36.4 Å². The lowest BCUT2D eigenvalue weighted by Gasteiger charge is -2.03. The molecular weight excluding hydrogens is 326 g/mol. The van der Waals surface area contributed by atoms with Gasteiger partial charge in [-0.3, -0.25) is 14.2 Å². The van der Waals surface area contributed by atoms with Crippen molar-refractivity contribution in [2.24, 2.45) is 0 Å². The summed E-state index contributed by atoms with van der Waals surface area (Å²) < 4.78 is 1.87. The lowest BCUT2D eigenvalue weighted by Crippen LogP contribution is -2.07. The van der Waals surface area contributed by atoms with E-state index in [2.05, 4.69) is 20.3 Å². The third-order valence-electron chi connectivity index (χ3n) is 3.78. The number of imidazole rings is 1. The first-order valence-electron chi connectivity index (χ1n) is 8.08. The second kappa shape index (κ2) is 6.98. The second-order valence-corrected chi connectivity index (χ2v) is 5.61. The molecule has 0 fully saturated rings. The van der Waals surface area contributed by atoms with Crippen LogP contribution in [-0.4, -0.2) is 25.3 Å². The number of fused-ring (bicyclic) bond motifs is 1. The number of nitrogens with one attached hydrogen (secondary N) is 1. The first kappa shape index (κ1) is 15.7. The summed E-state index contributed by atoms with van der Waals surface area (Å²) in [6.45, 7) is 0. The number of rotatable bonds is 4. The Morgan fingerprint density at radius 2 is 1.85 bits per heavy atom. The molecule has 0 spiro atoms. The largest absolute Gasteiger partial charge is 0.323 e. The molecule has 1 N–H and O–H groups in total. The van der Waals surface area contributed by atoms with Crippen molar-refractivity contribution in [1.29, 1.82) is 0 Å². The number of hydrogen-bond donors (Lipinski definition) is 1. The number of pyridine rings is 1. The van der Waals surface area contributed by atoms with Crippen molar-refractivity contribution < 1.29 is 4.79 Å². The fraction of sp³-hybridized carbons (Fsp3) is 0. The van der Waals surface area contributed by atoms with Gasteiger partial charge in [0.15, 0.2) is 0 Å². The van der Waals surface area contributed by atoms with Crippen molar-refractivity contribution >= 4 is 23.4 Å². The Hall–Kier alpha value is -3.80. The summed E-state index contributed by atoms with van der Waals surface area (Å²) in [5.41, 5.74) is 3.24. The topological polar surface area (TPSA) is 72.2 Å². The molecule has 126 valence electrons. The first-order valence-corrected chi connectivity index (χ1v) is 8.08. The molecule has 0 bridgehead atoms. The zero-order valence-electron chi connectivity index (χ0n) is 13.8. The predicted octanol–water partition coefficient (Wildman–Crippen LogP) is 3.44. The van der Waals surface area contributed by atoms with E-state index in [0.29, 0.717) is 11.5 Å². The second-order valence-electron chi connectivity index (χ2n) is 5.61. The summed E-state index contributed by atoms with van der Waals surface area (Å²) in [6.07, 6.45) is 10.4.